The summed E-state index contributed by atoms with van der Waals surface area (Å²) in [4.78, 5) is 44.8. The van der Waals surface area contributed by atoms with E-state index in [-0.39, 0.29) is 6.47 Å². The monoisotopic (exact) mass is 240 g/mol. The average Bonchev–Trinajstić information content (AvgIpc) is 2.99. The fraction of sp³-hybridized carbons (Fsp3) is 0.455. The van der Waals surface area contributed by atoms with E-state index in [1.165, 1.54) is 6.08 Å². The second-order valence-corrected chi connectivity index (χ2v) is 3.97. The molecule has 0 aromatic carbocycles. The summed E-state index contributed by atoms with van der Waals surface area (Å²) in [5.41, 5.74) is -3.51. The van der Waals surface area contributed by atoms with Crippen molar-refractivity contribution >= 4 is 24.2 Å². The molecular weight excluding hydrogens is 228 g/mol. The van der Waals surface area contributed by atoms with Gasteiger partial charge in [0, 0.05) is 5.41 Å². The molecule has 0 radical (unpaired) electrons. The molecule has 0 spiro atoms. The number of Topliss-reactive ketones (excluding diaryl/α,β-unsaturated/α-hetero) is 1. The minimum absolute atomic E-state index is 0.178. The van der Waals surface area contributed by atoms with Crippen LogP contribution in [0.1, 0.15) is 19.8 Å². The maximum absolute atomic E-state index is 11.7. The van der Waals surface area contributed by atoms with E-state index >= 15 is 0 Å². The molecule has 1 N–H and O–H groups in total. The van der Waals surface area contributed by atoms with Crippen molar-refractivity contribution in [2.75, 3.05) is 0 Å². The van der Waals surface area contributed by atoms with E-state index in [1.54, 1.807) is 0 Å². The first kappa shape index (κ1) is 13.1. The van der Waals surface area contributed by atoms with Crippen LogP contribution in [-0.2, 0) is 23.9 Å². The number of hydrogen-bond acceptors (Lipinski definition) is 5. The molecule has 92 valence electrons. The maximum Gasteiger partial charge on any atom is 0.339 e. The van der Waals surface area contributed by atoms with E-state index in [0.717, 1.165) is 6.92 Å². The zero-order valence-corrected chi connectivity index (χ0v) is 9.26. The Morgan fingerprint density at radius 3 is 2.18 bits per heavy atom. The lowest BCUT2D eigenvalue weighted by Gasteiger charge is -2.29. The number of aliphatic carboxylic acids is 1. The molecule has 1 unspecified atom stereocenters. The van der Waals surface area contributed by atoms with Crippen LogP contribution in [0.2, 0.25) is 0 Å². The molecule has 17 heavy (non-hydrogen) atoms. The van der Waals surface area contributed by atoms with E-state index in [0.29, 0.717) is 12.8 Å². The van der Waals surface area contributed by atoms with Gasteiger partial charge in [0.25, 0.3) is 0 Å². The van der Waals surface area contributed by atoms with Gasteiger partial charge in [-0.3, -0.25) is 14.4 Å². The van der Waals surface area contributed by atoms with Crippen LogP contribution in [0.3, 0.4) is 0 Å². The predicted octanol–water partition coefficient (Wildman–Crippen LogP) is 0.312. The van der Waals surface area contributed by atoms with Crippen molar-refractivity contribution in [3.05, 3.63) is 12.7 Å². The van der Waals surface area contributed by atoms with Crippen LogP contribution in [-0.4, -0.2) is 29.3 Å². The van der Waals surface area contributed by atoms with Crippen LogP contribution in [0.15, 0.2) is 12.7 Å². The van der Waals surface area contributed by atoms with Crippen LogP contribution < -0.4 is 0 Å². The third-order valence-corrected chi connectivity index (χ3v) is 3.24. The van der Waals surface area contributed by atoms with Crippen LogP contribution in [0, 0.1) is 10.8 Å². The van der Waals surface area contributed by atoms with Crippen LogP contribution >= 0.6 is 0 Å². The van der Waals surface area contributed by atoms with Crippen molar-refractivity contribution in [1.82, 2.24) is 0 Å². The summed E-state index contributed by atoms with van der Waals surface area (Å²) in [6.45, 7) is 4.27. The third-order valence-electron chi connectivity index (χ3n) is 3.24. The highest BCUT2D eigenvalue weighted by molar-refractivity contribution is 6.21. The largest absolute Gasteiger partial charge is 0.480 e. The number of ketones is 1. The highest BCUT2D eigenvalue weighted by Crippen LogP contribution is 2.60. The average molecular weight is 240 g/mol. The molecule has 1 aliphatic rings. The summed E-state index contributed by atoms with van der Waals surface area (Å²) in [7, 11) is 0. The number of allylic oxidation sites excluding steroid dienone is 1. The molecule has 0 heterocycles. The van der Waals surface area contributed by atoms with Gasteiger partial charge in [-0.2, -0.15) is 0 Å². The number of rotatable bonds is 6. The van der Waals surface area contributed by atoms with E-state index in [4.69, 9.17) is 0 Å². The molecule has 6 nitrogen and oxygen atoms in total. The summed E-state index contributed by atoms with van der Waals surface area (Å²) in [6, 6.07) is 0. The fourth-order valence-corrected chi connectivity index (χ4v) is 2.15. The van der Waals surface area contributed by atoms with Crippen molar-refractivity contribution in [3.63, 3.8) is 0 Å². The molecule has 1 rings (SSSR count). The number of carbonyl (C=O) groups is 4. The molecule has 1 aliphatic carbocycles. The first-order valence-corrected chi connectivity index (χ1v) is 4.92. The van der Waals surface area contributed by atoms with Gasteiger partial charge in [-0.05, 0) is 19.8 Å². The summed E-state index contributed by atoms with van der Waals surface area (Å²) in [5, 5.41) is 9.21. The van der Waals surface area contributed by atoms with Gasteiger partial charge in [0.15, 0.2) is 5.78 Å². The minimum Gasteiger partial charge on any atom is -0.480 e. The SMILES string of the molecule is C=CC1(C(C(C)=O)(C(=O)O)C(=O)OC=O)CC1. The molecule has 0 saturated heterocycles. The molecule has 1 fully saturated rings. The van der Waals surface area contributed by atoms with E-state index in [2.05, 4.69) is 11.3 Å². The number of carboxylic acids is 1. The Morgan fingerprint density at radius 2 is 1.94 bits per heavy atom. The normalized spacial score (nSPS) is 19.6. The highest BCUT2D eigenvalue weighted by atomic mass is 16.6. The molecule has 0 amide bonds. The number of ether oxygens (including phenoxy) is 1. The lowest BCUT2D eigenvalue weighted by atomic mass is 9.69. The van der Waals surface area contributed by atoms with Gasteiger partial charge < -0.3 is 9.84 Å². The second kappa shape index (κ2) is 4.12. The summed E-state index contributed by atoms with van der Waals surface area (Å²) in [6.07, 6.45) is 1.96. The van der Waals surface area contributed by atoms with Gasteiger partial charge in [-0.1, -0.05) is 6.08 Å². The molecule has 0 aliphatic heterocycles. The number of carbonyl (C=O) groups excluding carboxylic acids is 3. The van der Waals surface area contributed by atoms with Gasteiger partial charge in [-0.15, -0.1) is 6.58 Å². The number of carboxylic acid groups (broad SMARTS) is 1. The Labute approximate surface area is 97.2 Å². The third kappa shape index (κ3) is 1.56. The lowest BCUT2D eigenvalue weighted by Crippen LogP contribution is -2.52. The smallest absolute Gasteiger partial charge is 0.339 e. The summed E-state index contributed by atoms with van der Waals surface area (Å²) >= 11 is 0. The Hall–Kier alpha value is -1.98. The van der Waals surface area contributed by atoms with Crippen molar-refractivity contribution in [2.24, 2.45) is 10.8 Å². The molecular formula is C11H12O6. The van der Waals surface area contributed by atoms with E-state index in [9.17, 15) is 24.3 Å². The summed E-state index contributed by atoms with van der Waals surface area (Å²) < 4.78 is 4.09. The fourth-order valence-electron chi connectivity index (χ4n) is 2.15. The number of hydrogen-bond donors (Lipinski definition) is 1. The quantitative estimate of drug-likeness (QED) is 0.310. The van der Waals surface area contributed by atoms with Crippen molar-refractivity contribution in [3.8, 4) is 0 Å². The second-order valence-electron chi connectivity index (χ2n) is 3.97. The van der Waals surface area contributed by atoms with Crippen molar-refractivity contribution in [1.29, 1.82) is 0 Å². The maximum atomic E-state index is 11.7. The van der Waals surface area contributed by atoms with Gasteiger partial charge in [-0.25, -0.2) is 4.79 Å². The van der Waals surface area contributed by atoms with Gasteiger partial charge in [0.2, 0.25) is 5.41 Å². The van der Waals surface area contributed by atoms with E-state index < -0.39 is 28.6 Å². The zero-order valence-electron chi connectivity index (χ0n) is 9.26. The lowest BCUT2D eigenvalue weighted by molar-refractivity contribution is -0.175. The van der Waals surface area contributed by atoms with Crippen LogP contribution in [0.25, 0.3) is 0 Å². The minimum atomic E-state index is -2.37. The van der Waals surface area contributed by atoms with Crippen molar-refractivity contribution in [2.45, 2.75) is 19.8 Å². The molecule has 0 aromatic heterocycles. The van der Waals surface area contributed by atoms with E-state index in [1.807, 2.05) is 0 Å². The first-order chi connectivity index (χ1) is 7.89. The van der Waals surface area contributed by atoms with Crippen LogP contribution in [0.4, 0.5) is 0 Å². The van der Waals surface area contributed by atoms with Crippen molar-refractivity contribution < 1.29 is 29.0 Å². The predicted molar refractivity (Wildman–Crippen MR) is 54.8 cm³/mol. The first-order valence-electron chi connectivity index (χ1n) is 4.92. The summed E-state index contributed by atoms with van der Waals surface area (Å²) in [5.74, 6) is -3.84. The Bertz CT molecular complexity index is 390. The molecule has 1 atom stereocenters. The van der Waals surface area contributed by atoms with Crippen LogP contribution in [0.5, 0.6) is 0 Å². The number of esters is 1. The molecule has 0 bridgehead atoms. The Balaban J connectivity index is 3.39. The topological polar surface area (TPSA) is 97.7 Å². The molecule has 0 aromatic rings. The van der Waals surface area contributed by atoms with Gasteiger partial charge >= 0.3 is 18.4 Å². The Morgan fingerprint density at radius 1 is 1.41 bits per heavy atom. The Kier molecular flexibility index (Phi) is 3.17. The highest BCUT2D eigenvalue weighted by Gasteiger charge is 2.70. The van der Waals surface area contributed by atoms with Gasteiger partial charge in [0.1, 0.15) is 0 Å². The van der Waals surface area contributed by atoms with Gasteiger partial charge in [0.05, 0.1) is 0 Å². The standard InChI is InChI=1S/C11H12O6/c1-3-10(4-5-10)11(7(2)13,8(14)15)9(16)17-6-12/h3,6H,1,4-5H2,2H3,(H,14,15). The molecule has 1 saturated carbocycles. The zero-order chi connectivity index (χ0) is 13.3. The molecule has 6 heteroatoms.